The third-order valence-electron chi connectivity index (χ3n) is 3.23. The highest BCUT2D eigenvalue weighted by Gasteiger charge is 2.43. The van der Waals surface area contributed by atoms with Gasteiger partial charge in [0.15, 0.2) is 0 Å². The Labute approximate surface area is 124 Å². The summed E-state index contributed by atoms with van der Waals surface area (Å²) < 4.78 is 0. The Morgan fingerprint density at radius 3 is 2.30 bits per heavy atom. The SMILES string of the molecule is CC1(C)NC(=O)N(CCc2ccc(N[NH3+])cc2)C1=O.[Cl-]. The van der Waals surface area contributed by atoms with E-state index in [1.807, 2.05) is 24.3 Å². The molecule has 0 aromatic heterocycles. The summed E-state index contributed by atoms with van der Waals surface area (Å²) in [5, 5.41) is 2.67. The van der Waals surface area contributed by atoms with Crippen molar-refractivity contribution in [3.63, 3.8) is 0 Å². The number of nitrogens with one attached hydrogen (secondary N) is 2. The van der Waals surface area contributed by atoms with Crippen molar-refractivity contribution in [2.45, 2.75) is 25.8 Å². The number of hydrogen-bond donors (Lipinski definition) is 3. The molecule has 110 valence electrons. The molecule has 5 N–H and O–H groups in total. The van der Waals surface area contributed by atoms with Gasteiger partial charge in [-0.15, -0.1) is 0 Å². The van der Waals surface area contributed by atoms with E-state index in [0.29, 0.717) is 13.0 Å². The quantitative estimate of drug-likeness (QED) is 0.412. The number of amides is 3. The van der Waals surface area contributed by atoms with Gasteiger partial charge in [-0.05, 0) is 38.0 Å². The number of quaternary nitrogens is 1. The van der Waals surface area contributed by atoms with Gasteiger partial charge in [-0.1, -0.05) is 12.1 Å². The molecule has 1 heterocycles. The summed E-state index contributed by atoms with van der Waals surface area (Å²) in [5.41, 5.74) is 4.01. The number of hydrogen-bond acceptors (Lipinski definition) is 3. The second kappa shape index (κ2) is 6.11. The van der Waals surface area contributed by atoms with Crippen LogP contribution >= 0.6 is 0 Å². The fourth-order valence-electron chi connectivity index (χ4n) is 2.05. The summed E-state index contributed by atoms with van der Waals surface area (Å²) in [6, 6.07) is 7.43. The first kappa shape index (κ1) is 16.3. The van der Waals surface area contributed by atoms with E-state index >= 15 is 0 Å². The van der Waals surface area contributed by atoms with Crippen LogP contribution in [0.25, 0.3) is 0 Å². The van der Waals surface area contributed by atoms with E-state index in [4.69, 9.17) is 0 Å². The van der Waals surface area contributed by atoms with Crippen LogP contribution in [0.4, 0.5) is 10.5 Å². The van der Waals surface area contributed by atoms with E-state index < -0.39 is 5.54 Å². The van der Waals surface area contributed by atoms with Crippen LogP contribution in [0.2, 0.25) is 0 Å². The zero-order valence-electron chi connectivity index (χ0n) is 11.6. The molecular formula is C13H19ClN4O2. The monoisotopic (exact) mass is 298 g/mol. The molecule has 1 aliphatic rings. The van der Waals surface area contributed by atoms with E-state index in [1.165, 1.54) is 4.90 Å². The second-order valence-electron chi connectivity index (χ2n) is 5.14. The highest BCUT2D eigenvalue weighted by molar-refractivity contribution is 6.06. The lowest BCUT2D eigenvalue weighted by molar-refractivity contribution is -0.325. The van der Waals surface area contributed by atoms with Crippen LogP contribution in [0, 0.1) is 0 Å². The van der Waals surface area contributed by atoms with Crippen LogP contribution < -0.4 is 29.0 Å². The Morgan fingerprint density at radius 1 is 1.25 bits per heavy atom. The Kier molecular flexibility index (Phi) is 4.97. The molecule has 0 unspecified atom stereocenters. The van der Waals surface area contributed by atoms with Crippen LogP contribution in [0.1, 0.15) is 19.4 Å². The zero-order chi connectivity index (χ0) is 14.0. The molecule has 3 amide bonds. The van der Waals surface area contributed by atoms with E-state index in [1.54, 1.807) is 13.8 Å². The maximum absolute atomic E-state index is 12.0. The van der Waals surface area contributed by atoms with Crippen molar-refractivity contribution in [3.05, 3.63) is 29.8 Å². The van der Waals surface area contributed by atoms with Crippen molar-refractivity contribution >= 4 is 17.6 Å². The summed E-state index contributed by atoms with van der Waals surface area (Å²) >= 11 is 0. The molecule has 1 aromatic rings. The molecule has 7 heteroatoms. The van der Waals surface area contributed by atoms with Gasteiger partial charge >= 0.3 is 6.03 Å². The van der Waals surface area contributed by atoms with Crippen LogP contribution in [0.3, 0.4) is 0 Å². The first-order valence-electron chi connectivity index (χ1n) is 6.20. The summed E-state index contributed by atoms with van der Waals surface area (Å²) in [6.07, 6.45) is 0.645. The molecule has 0 bridgehead atoms. The number of halogens is 1. The highest BCUT2D eigenvalue weighted by atomic mass is 35.5. The lowest BCUT2D eigenvalue weighted by Crippen LogP contribution is -3.00. The molecule has 1 aliphatic heterocycles. The lowest BCUT2D eigenvalue weighted by Gasteiger charge is -2.15. The Bertz CT molecular complexity index is 502. The summed E-state index contributed by atoms with van der Waals surface area (Å²) in [4.78, 5) is 25.0. The van der Waals surface area contributed by atoms with Gasteiger partial charge in [0.1, 0.15) is 5.54 Å². The molecule has 6 nitrogen and oxygen atoms in total. The van der Waals surface area contributed by atoms with Crippen molar-refractivity contribution in [2.24, 2.45) is 0 Å². The van der Waals surface area contributed by atoms with Gasteiger partial charge in [-0.2, -0.15) is 0 Å². The molecule has 0 atom stereocenters. The molecule has 0 aliphatic carbocycles. The minimum atomic E-state index is -0.793. The molecule has 0 spiro atoms. The topological polar surface area (TPSA) is 89.1 Å². The van der Waals surface area contributed by atoms with Gasteiger partial charge in [0.05, 0.1) is 5.69 Å². The number of imide groups is 1. The fraction of sp³-hybridized carbons (Fsp3) is 0.385. The lowest BCUT2D eigenvalue weighted by atomic mass is 10.1. The van der Waals surface area contributed by atoms with Gasteiger partial charge in [-0.25, -0.2) is 10.2 Å². The predicted octanol–water partition coefficient (Wildman–Crippen LogP) is -2.87. The molecule has 1 saturated heterocycles. The van der Waals surface area contributed by atoms with E-state index in [0.717, 1.165) is 11.3 Å². The smallest absolute Gasteiger partial charge is 0.325 e. The number of anilines is 1. The largest absolute Gasteiger partial charge is 1.00 e. The standard InChI is InChI=1S/C13H18N4O2.ClH/c1-13(2)11(18)17(12(19)15-13)8-7-9-3-5-10(16-14)6-4-9;/h3-6,16H,7-8,14H2,1-2H3,(H,15,19);1H. The summed E-state index contributed by atoms with van der Waals surface area (Å²) in [5.74, 6) is 3.40. The number of benzene rings is 1. The van der Waals surface area contributed by atoms with Gasteiger partial charge in [-0.3, -0.25) is 15.5 Å². The average Bonchev–Trinajstić information content (AvgIpc) is 2.57. The van der Waals surface area contributed by atoms with Gasteiger partial charge < -0.3 is 17.7 Å². The minimum Gasteiger partial charge on any atom is -1.00 e. The Morgan fingerprint density at radius 2 is 1.85 bits per heavy atom. The molecule has 0 radical (unpaired) electrons. The fourth-order valence-corrected chi connectivity index (χ4v) is 2.05. The van der Waals surface area contributed by atoms with Crippen molar-refractivity contribution < 1.29 is 27.8 Å². The van der Waals surface area contributed by atoms with Crippen molar-refractivity contribution in [1.82, 2.24) is 10.2 Å². The van der Waals surface area contributed by atoms with Crippen molar-refractivity contribution in [3.8, 4) is 0 Å². The third-order valence-corrected chi connectivity index (χ3v) is 3.23. The van der Waals surface area contributed by atoms with Gasteiger partial charge in [0.2, 0.25) is 0 Å². The average molecular weight is 299 g/mol. The highest BCUT2D eigenvalue weighted by Crippen LogP contribution is 2.17. The first-order valence-corrected chi connectivity index (χ1v) is 6.20. The maximum Gasteiger partial charge on any atom is 0.325 e. The predicted molar refractivity (Wildman–Crippen MR) is 71.0 cm³/mol. The van der Waals surface area contributed by atoms with Crippen molar-refractivity contribution in [2.75, 3.05) is 12.0 Å². The second-order valence-corrected chi connectivity index (χ2v) is 5.14. The third kappa shape index (κ3) is 3.20. The van der Waals surface area contributed by atoms with E-state index in [9.17, 15) is 9.59 Å². The number of urea groups is 1. The minimum absolute atomic E-state index is 0. The van der Waals surface area contributed by atoms with Gasteiger partial charge in [0.25, 0.3) is 5.91 Å². The van der Waals surface area contributed by atoms with E-state index in [-0.39, 0.29) is 24.3 Å². The zero-order valence-corrected chi connectivity index (χ0v) is 12.3. The molecule has 2 rings (SSSR count). The van der Waals surface area contributed by atoms with Crippen molar-refractivity contribution in [1.29, 1.82) is 0 Å². The summed E-state index contributed by atoms with van der Waals surface area (Å²) in [7, 11) is 0. The Hall–Kier alpha value is -1.79. The van der Waals surface area contributed by atoms with Crippen LogP contribution in [0.5, 0.6) is 0 Å². The molecule has 20 heavy (non-hydrogen) atoms. The molecule has 0 saturated carbocycles. The van der Waals surface area contributed by atoms with Crippen LogP contribution in [-0.4, -0.2) is 28.9 Å². The number of carbonyl (C=O) groups excluding carboxylic acids is 2. The van der Waals surface area contributed by atoms with E-state index in [2.05, 4.69) is 16.6 Å². The molecule has 1 fully saturated rings. The first-order chi connectivity index (χ1) is 8.94. The molecule has 1 aromatic carbocycles. The molecular weight excluding hydrogens is 280 g/mol. The Balaban J connectivity index is 0.00000200. The van der Waals surface area contributed by atoms with Crippen LogP contribution in [0.15, 0.2) is 24.3 Å². The maximum atomic E-state index is 12.0. The van der Waals surface area contributed by atoms with Crippen LogP contribution in [-0.2, 0) is 11.2 Å². The normalized spacial score (nSPS) is 16.6. The summed E-state index contributed by atoms with van der Waals surface area (Å²) in [6.45, 7) is 3.81. The number of rotatable bonds is 4. The van der Waals surface area contributed by atoms with Gasteiger partial charge in [0, 0.05) is 6.54 Å². The number of nitrogens with zero attached hydrogens (tertiary/aromatic N) is 1. The number of carbonyl (C=O) groups is 2.